The van der Waals surface area contributed by atoms with E-state index in [-0.39, 0.29) is 12.0 Å². The summed E-state index contributed by atoms with van der Waals surface area (Å²) < 4.78 is 11.4. The van der Waals surface area contributed by atoms with Crippen molar-refractivity contribution in [1.29, 1.82) is 5.26 Å². The molecule has 6 nitrogen and oxygen atoms in total. The molecule has 1 fully saturated rings. The maximum Gasteiger partial charge on any atom is 0.161 e. The molecule has 0 saturated carbocycles. The van der Waals surface area contributed by atoms with Gasteiger partial charge in [-0.2, -0.15) is 5.26 Å². The van der Waals surface area contributed by atoms with E-state index in [1.54, 1.807) is 0 Å². The van der Waals surface area contributed by atoms with Crippen LogP contribution >= 0.6 is 0 Å². The Morgan fingerprint density at radius 2 is 1.87 bits per heavy atom. The lowest BCUT2D eigenvalue weighted by atomic mass is 9.93. The largest absolute Gasteiger partial charge is 0.486 e. The summed E-state index contributed by atoms with van der Waals surface area (Å²) in [5.74, 6) is 1.49. The van der Waals surface area contributed by atoms with Gasteiger partial charge in [-0.25, -0.2) is 0 Å². The van der Waals surface area contributed by atoms with Crippen LogP contribution in [-0.2, 0) is 0 Å². The highest BCUT2D eigenvalue weighted by atomic mass is 16.6. The van der Waals surface area contributed by atoms with Crippen LogP contribution in [0.3, 0.4) is 0 Å². The van der Waals surface area contributed by atoms with Crippen molar-refractivity contribution in [2.45, 2.75) is 32.7 Å². The standard InChI is InChI=1S/C25H31N3O3/c1-25(2,17-29)16-27-19-8-10-28(11-9-19)22-5-3-4-20(21(22)15-26)18-6-7-23-24(14-18)31-13-12-30-23/h3-7,14,19,27,29H,8-13,16-17H2,1-2H3. The maximum atomic E-state index is 10.0. The van der Waals surface area contributed by atoms with Gasteiger partial charge in [-0.15, -0.1) is 0 Å². The second-order valence-corrected chi connectivity index (χ2v) is 9.13. The molecule has 0 aliphatic carbocycles. The molecule has 0 radical (unpaired) electrons. The molecule has 0 unspecified atom stereocenters. The minimum Gasteiger partial charge on any atom is -0.486 e. The first kappa shape index (κ1) is 21.5. The molecule has 1 saturated heterocycles. The van der Waals surface area contributed by atoms with Gasteiger partial charge in [0.25, 0.3) is 0 Å². The molecular formula is C25H31N3O3. The Hall–Kier alpha value is -2.75. The lowest BCUT2D eigenvalue weighted by Crippen LogP contribution is -2.46. The molecule has 164 valence electrons. The van der Waals surface area contributed by atoms with Crippen molar-refractivity contribution in [3.63, 3.8) is 0 Å². The summed E-state index contributed by atoms with van der Waals surface area (Å²) in [4.78, 5) is 2.31. The summed E-state index contributed by atoms with van der Waals surface area (Å²) in [5, 5.41) is 23.1. The smallest absolute Gasteiger partial charge is 0.161 e. The summed E-state index contributed by atoms with van der Waals surface area (Å²) in [5.41, 5.74) is 3.46. The Kier molecular flexibility index (Phi) is 6.35. The number of piperidine rings is 1. The van der Waals surface area contributed by atoms with Crippen molar-refractivity contribution in [3.05, 3.63) is 42.0 Å². The van der Waals surface area contributed by atoms with Crippen molar-refractivity contribution in [1.82, 2.24) is 5.32 Å². The zero-order valence-electron chi connectivity index (χ0n) is 18.4. The molecule has 2 N–H and O–H groups in total. The van der Waals surface area contributed by atoms with E-state index in [9.17, 15) is 10.4 Å². The van der Waals surface area contributed by atoms with Gasteiger partial charge in [0, 0.05) is 43.3 Å². The van der Waals surface area contributed by atoms with Gasteiger partial charge < -0.3 is 24.8 Å². The quantitative estimate of drug-likeness (QED) is 0.743. The van der Waals surface area contributed by atoms with Gasteiger partial charge in [0.15, 0.2) is 11.5 Å². The van der Waals surface area contributed by atoms with Crippen molar-refractivity contribution >= 4 is 5.69 Å². The monoisotopic (exact) mass is 421 g/mol. The molecule has 2 aromatic rings. The molecule has 0 atom stereocenters. The molecular weight excluding hydrogens is 390 g/mol. The van der Waals surface area contributed by atoms with Gasteiger partial charge in [-0.1, -0.05) is 32.0 Å². The van der Waals surface area contributed by atoms with Gasteiger partial charge in [0.1, 0.15) is 19.3 Å². The van der Waals surface area contributed by atoms with Crippen LogP contribution in [0.5, 0.6) is 11.5 Å². The van der Waals surface area contributed by atoms with Crippen LogP contribution in [-0.4, -0.2) is 50.6 Å². The summed E-state index contributed by atoms with van der Waals surface area (Å²) in [6.45, 7) is 8.02. The first-order valence-corrected chi connectivity index (χ1v) is 11.0. The summed E-state index contributed by atoms with van der Waals surface area (Å²) >= 11 is 0. The van der Waals surface area contributed by atoms with Gasteiger partial charge in [0.05, 0.1) is 11.3 Å². The van der Waals surface area contributed by atoms with E-state index >= 15 is 0 Å². The SMILES string of the molecule is CC(C)(CO)CNC1CCN(c2cccc(-c3ccc4c(c3)OCCO4)c2C#N)CC1. The predicted octanol–water partition coefficient (Wildman–Crippen LogP) is 3.57. The lowest BCUT2D eigenvalue weighted by Gasteiger charge is -2.36. The molecule has 6 heteroatoms. The first-order chi connectivity index (χ1) is 15.0. The molecule has 2 aromatic carbocycles. The first-order valence-electron chi connectivity index (χ1n) is 11.0. The zero-order valence-corrected chi connectivity index (χ0v) is 18.4. The average molecular weight is 422 g/mol. The minimum absolute atomic E-state index is 0.108. The number of hydrogen-bond donors (Lipinski definition) is 2. The maximum absolute atomic E-state index is 10.0. The Bertz CT molecular complexity index is 959. The number of ether oxygens (including phenoxy) is 2. The van der Waals surface area contributed by atoms with Crippen LogP contribution in [0.4, 0.5) is 5.69 Å². The molecule has 0 bridgehead atoms. The summed E-state index contributed by atoms with van der Waals surface area (Å²) in [6, 6.07) is 14.8. The van der Waals surface area contributed by atoms with Crippen molar-refractivity contribution in [2.75, 3.05) is 44.4 Å². The van der Waals surface area contributed by atoms with Crippen LogP contribution in [0.2, 0.25) is 0 Å². The number of fused-ring (bicyclic) bond motifs is 1. The van der Waals surface area contributed by atoms with Crippen LogP contribution < -0.4 is 19.7 Å². The minimum atomic E-state index is -0.108. The number of rotatable bonds is 6. The van der Waals surface area contributed by atoms with Crippen molar-refractivity contribution in [3.8, 4) is 28.7 Å². The van der Waals surface area contributed by atoms with Crippen LogP contribution in [0.15, 0.2) is 36.4 Å². The van der Waals surface area contributed by atoms with Gasteiger partial charge >= 0.3 is 0 Å². The zero-order chi connectivity index (χ0) is 21.8. The molecule has 2 aliphatic rings. The molecule has 0 aromatic heterocycles. The molecule has 0 spiro atoms. The normalized spacial score (nSPS) is 16.8. The molecule has 4 rings (SSSR count). The van der Waals surface area contributed by atoms with Crippen LogP contribution in [0.1, 0.15) is 32.3 Å². The third-order valence-electron chi connectivity index (χ3n) is 6.14. The highest BCUT2D eigenvalue weighted by Gasteiger charge is 2.25. The molecule has 31 heavy (non-hydrogen) atoms. The second-order valence-electron chi connectivity index (χ2n) is 9.13. The number of hydrogen-bond acceptors (Lipinski definition) is 6. The van der Waals surface area contributed by atoms with Crippen LogP contribution in [0, 0.1) is 16.7 Å². The second kappa shape index (κ2) is 9.17. The summed E-state index contributed by atoms with van der Waals surface area (Å²) in [7, 11) is 0. The number of nitrogens with zero attached hydrogens (tertiary/aromatic N) is 2. The fourth-order valence-corrected chi connectivity index (χ4v) is 4.17. The Labute approximate surface area is 184 Å². The molecule has 2 heterocycles. The van der Waals surface area contributed by atoms with E-state index in [2.05, 4.69) is 30.1 Å². The summed E-state index contributed by atoms with van der Waals surface area (Å²) in [6.07, 6.45) is 2.03. The van der Waals surface area contributed by atoms with E-state index in [0.717, 1.165) is 60.8 Å². The molecule has 2 aliphatic heterocycles. The highest BCUT2D eigenvalue weighted by Crippen LogP contribution is 2.38. The number of benzene rings is 2. The third-order valence-corrected chi connectivity index (χ3v) is 6.14. The number of aliphatic hydroxyl groups excluding tert-OH is 1. The number of aliphatic hydroxyl groups is 1. The van der Waals surface area contributed by atoms with E-state index in [0.29, 0.717) is 24.8 Å². The van der Waals surface area contributed by atoms with E-state index in [1.807, 2.05) is 36.4 Å². The van der Waals surface area contributed by atoms with Gasteiger partial charge in [-0.05, 0) is 36.6 Å². The van der Waals surface area contributed by atoms with Crippen LogP contribution in [0.25, 0.3) is 11.1 Å². The third kappa shape index (κ3) is 4.79. The van der Waals surface area contributed by atoms with Gasteiger partial charge in [0.2, 0.25) is 0 Å². The fraction of sp³-hybridized carbons (Fsp3) is 0.480. The van der Waals surface area contributed by atoms with E-state index in [4.69, 9.17) is 9.47 Å². The topological polar surface area (TPSA) is 77.8 Å². The average Bonchev–Trinajstić information content (AvgIpc) is 2.82. The van der Waals surface area contributed by atoms with Crippen molar-refractivity contribution < 1.29 is 14.6 Å². The predicted molar refractivity (Wildman–Crippen MR) is 122 cm³/mol. The Balaban J connectivity index is 1.50. The van der Waals surface area contributed by atoms with Gasteiger partial charge in [-0.3, -0.25) is 0 Å². The van der Waals surface area contributed by atoms with Crippen molar-refractivity contribution in [2.24, 2.45) is 5.41 Å². The fourth-order valence-electron chi connectivity index (χ4n) is 4.17. The highest BCUT2D eigenvalue weighted by molar-refractivity contribution is 5.79. The number of nitriles is 1. The number of anilines is 1. The number of nitrogens with one attached hydrogen (secondary N) is 1. The lowest BCUT2D eigenvalue weighted by molar-refractivity contribution is 0.151. The Morgan fingerprint density at radius 3 is 2.58 bits per heavy atom. The van der Waals surface area contributed by atoms with E-state index < -0.39 is 0 Å². The molecule has 0 amide bonds. The Morgan fingerprint density at radius 1 is 1.13 bits per heavy atom. The van der Waals surface area contributed by atoms with E-state index in [1.165, 1.54) is 0 Å².